The van der Waals surface area contributed by atoms with Crippen LogP contribution in [-0.4, -0.2) is 37.1 Å². The predicted molar refractivity (Wildman–Crippen MR) is 106 cm³/mol. The molecule has 6 heteroatoms. The van der Waals surface area contributed by atoms with Crippen molar-refractivity contribution in [2.45, 2.75) is 6.61 Å². The van der Waals surface area contributed by atoms with Crippen molar-refractivity contribution in [1.29, 1.82) is 0 Å². The third-order valence-electron chi connectivity index (χ3n) is 4.13. The van der Waals surface area contributed by atoms with E-state index in [2.05, 4.69) is 11.0 Å². The van der Waals surface area contributed by atoms with Crippen LogP contribution < -0.4 is 4.74 Å². The summed E-state index contributed by atoms with van der Waals surface area (Å²) in [5, 5.41) is 1.62. The predicted octanol–water partition coefficient (Wildman–Crippen LogP) is 5.31. The Morgan fingerprint density at radius 3 is 2.77 bits per heavy atom. The molecule has 0 aliphatic carbocycles. The molecule has 134 valence electrons. The Hall–Kier alpha value is -1.92. The highest BCUT2D eigenvalue weighted by Gasteiger charge is 2.24. The normalized spacial score (nSPS) is 12.2. The van der Waals surface area contributed by atoms with Crippen molar-refractivity contribution in [2.75, 3.05) is 27.2 Å². The Labute approximate surface area is 162 Å². The van der Waals surface area contributed by atoms with E-state index >= 15 is 0 Å². The van der Waals surface area contributed by atoms with E-state index in [1.807, 2.05) is 50.5 Å². The van der Waals surface area contributed by atoms with Gasteiger partial charge < -0.3 is 14.4 Å². The second-order valence-electron chi connectivity index (χ2n) is 6.38. The number of nitrogens with zero attached hydrogens (tertiary/aromatic N) is 2. The summed E-state index contributed by atoms with van der Waals surface area (Å²) in [6.45, 7) is 2.07. The Bertz CT molecular complexity index is 939. The summed E-state index contributed by atoms with van der Waals surface area (Å²) in [5.74, 6) is 1.60. The highest BCUT2D eigenvalue weighted by molar-refractivity contribution is 7.15. The molecule has 0 spiro atoms. The molecule has 0 amide bonds. The van der Waals surface area contributed by atoms with Gasteiger partial charge in [0.1, 0.15) is 16.5 Å². The molecule has 3 aromatic rings. The van der Waals surface area contributed by atoms with Gasteiger partial charge >= 0.3 is 0 Å². The summed E-state index contributed by atoms with van der Waals surface area (Å²) in [6.07, 6.45) is 0. The highest BCUT2D eigenvalue weighted by atomic mass is 35.5. The van der Waals surface area contributed by atoms with E-state index in [4.69, 9.17) is 26.1 Å². The van der Waals surface area contributed by atoms with Gasteiger partial charge in [0.05, 0.1) is 23.8 Å². The third-order valence-corrected chi connectivity index (χ3v) is 5.43. The maximum Gasteiger partial charge on any atom is 0.137 e. The van der Waals surface area contributed by atoms with E-state index in [1.54, 1.807) is 11.3 Å². The van der Waals surface area contributed by atoms with Crippen LogP contribution in [-0.2, 0) is 11.3 Å². The van der Waals surface area contributed by atoms with Crippen molar-refractivity contribution in [1.82, 2.24) is 9.88 Å². The molecule has 1 aromatic heterocycles. The highest BCUT2D eigenvalue weighted by Crippen LogP contribution is 2.49. The Balaban J connectivity index is 1.73. The summed E-state index contributed by atoms with van der Waals surface area (Å²) in [7, 11) is 4.07. The quantitative estimate of drug-likeness (QED) is 0.435. The van der Waals surface area contributed by atoms with Gasteiger partial charge in [-0.2, -0.15) is 0 Å². The van der Waals surface area contributed by atoms with Gasteiger partial charge in [0, 0.05) is 22.7 Å². The molecular weight excluding hydrogens is 368 g/mol. The lowest BCUT2D eigenvalue weighted by Gasteiger charge is -2.09. The van der Waals surface area contributed by atoms with Gasteiger partial charge in [-0.15, -0.1) is 11.3 Å². The van der Waals surface area contributed by atoms with Crippen molar-refractivity contribution in [2.24, 2.45) is 0 Å². The van der Waals surface area contributed by atoms with Crippen LogP contribution in [0.25, 0.3) is 21.7 Å². The SMILES string of the molecule is CN(C)CCOCc1nc2c(s1)-c1ccccc1Oc1ccc(Cl)cc1-2. The topological polar surface area (TPSA) is 34.6 Å². The van der Waals surface area contributed by atoms with Crippen LogP contribution >= 0.6 is 22.9 Å². The summed E-state index contributed by atoms with van der Waals surface area (Å²) in [5.41, 5.74) is 2.87. The van der Waals surface area contributed by atoms with Crippen molar-refractivity contribution < 1.29 is 9.47 Å². The monoisotopic (exact) mass is 386 g/mol. The van der Waals surface area contributed by atoms with Gasteiger partial charge in [-0.25, -0.2) is 4.98 Å². The molecule has 0 radical (unpaired) electrons. The van der Waals surface area contributed by atoms with Gasteiger partial charge in [-0.3, -0.25) is 0 Å². The summed E-state index contributed by atoms with van der Waals surface area (Å²) in [6, 6.07) is 13.7. The van der Waals surface area contributed by atoms with Crippen LogP contribution in [0.2, 0.25) is 5.02 Å². The second kappa shape index (κ2) is 7.37. The summed E-state index contributed by atoms with van der Waals surface area (Å²) >= 11 is 7.88. The number of aromatic nitrogens is 1. The number of halogens is 1. The van der Waals surface area contributed by atoms with Crippen molar-refractivity contribution >= 4 is 22.9 Å². The van der Waals surface area contributed by atoms with Crippen LogP contribution in [0, 0.1) is 0 Å². The number of rotatable bonds is 5. The third kappa shape index (κ3) is 3.48. The Morgan fingerprint density at radius 2 is 1.92 bits per heavy atom. The van der Waals surface area contributed by atoms with E-state index in [9.17, 15) is 0 Å². The number of thiazole rings is 1. The molecule has 2 aromatic carbocycles. The minimum atomic E-state index is 0.504. The molecule has 0 fully saturated rings. The van der Waals surface area contributed by atoms with Gasteiger partial charge in [0.25, 0.3) is 0 Å². The maximum absolute atomic E-state index is 6.24. The maximum atomic E-state index is 6.24. The van der Waals surface area contributed by atoms with Crippen molar-refractivity contribution in [3.63, 3.8) is 0 Å². The van der Waals surface area contributed by atoms with E-state index < -0.39 is 0 Å². The Morgan fingerprint density at radius 1 is 1.12 bits per heavy atom. The lowest BCUT2D eigenvalue weighted by Crippen LogP contribution is -2.17. The molecule has 1 aliphatic heterocycles. The van der Waals surface area contributed by atoms with Crippen LogP contribution in [0.4, 0.5) is 0 Å². The molecule has 0 unspecified atom stereocenters. The molecule has 26 heavy (non-hydrogen) atoms. The molecule has 0 saturated carbocycles. The van der Waals surface area contributed by atoms with E-state index in [0.29, 0.717) is 18.2 Å². The average Bonchev–Trinajstić information content (AvgIpc) is 2.99. The number of hydrogen-bond acceptors (Lipinski definition) is 5. The molecular formula is C20H19ClN2O2S. The molecule has 0 bridgehead atoms. The largest absolute Gasteiger partial charge is 0.456 e. The first-order valence-electron chi connectivity index (χ1n) is 8.41. The van der Waals surface area contributed by atoms with Crippen LogP contribution in [0.15, 0.2) is 42.5 Å². The molecule has 0 saturated heterocycles. The standard InChI is InChI=1S/C20H19ClN2O2S/c1-23(2)9-10-24-12-18-22-19-15-11-13(21)7-8-17(15)25-16-6-4-3-5-14(16)20(19)26-18/h3-8,11H,9-10,12H2,1-2H3. The van der Waals surface area contributed by atoms with Crippen LogP contribution in [0.1, 0.15) is 5.01 Å². The van der Waals surface area contributed by atoms with Crippen molar-refractivity contribution in [3.05, 3.63) is 52.5 Å². The smallest absolute Gasteiger partial charge is 0.137 e. The molecule has 4 rings (SSSR count). The zero-order chi connectivity index (χ0) is 18.1. The number of para-hydroxylation sites is 1. The number of likely N-dealkylation sites (N-methyl/N-ethyl adjacent to an activating group) is 1. The van der Waals surface area contributed by atoms with Gasteiger partial charge in [-0.1, -0.05) is 23.7 Å². The Kier molecular flexibility index (Phi) is 4.96. The molecule has 1 aliphatic rings. The first-order valence-corrected chi connectivity index (χ1v) is 9.60. The zero-order valence-corrected chi connectivity index (χ0v) is 16.2. The lowest BCUT2D eigenvalue weighted by atomic mass is 10.1. The number of benzene rings is 2. The minimum absolute atomic E-state index is 0.504. The van der Waals surface area contributed by atoms with Crippen LogP contribution in [0.3, 0.4) is 0 Å². The molecule has 2 heterocycles. The lowest BCUT2D eigenvalue weighted by molar-refractivity contribution is 0.105. The first-order chi connectivity index (χ1) is 12.6. The van der Waals surface area contributed by atoms with Gasteiger partial charge in [0.2, 0.25) is 0 Å². The van der Waals surface area contributed by atoms with Gasteiger partial charge in [0.15, 0.2) is 0 Å². The first kappa shape index (κ1) is 17.5. The molecule has 0 N–H and O–H groups in total. The molecule has 4 nitrogen and oxygen atoms in total. The van der Waals surface area contributed by atoms with E-state index in [0.717, 1.165) is 44.7 Å². The number of ether oxygens (including phenoxy) is 2. The fourth-order valence-corrected chi connectivity index (χ4v) is 4.05. The summed E-state index contributed by atoms with van der Waals surface area (Å²) in [4.78, 5) is 8.04. The van der Waals surface area contributed by atoms with Gasteiger partial charge in [-0.05, 0) is 44.4 Å². The summed E-state index contributed by atoms with van der Waals surface area (Å²) < 4.78 is 11.9. The molecule has 0 atom stereocenters. The number of fused-ring (bicyclic) bond motifs is 5. The van der Waals surface area contributed by atoms with E-state index in [-0.39, 0.29) is 0 Å². The van der Waals surface area contributed by atoms with Crippen LogP contribution in [0.5, 0.6) is 11.5 Å². The average molecular weight is 387 g/mol. The second-order valence-corrected chi connectivity index (χ2v) is 7.90. The van der Waals surface area contributed by atoms with E-state index in [1.165, 1.54) is 0 Å². The number of hydrogen-bond donors (Lipinski definition) is 0. The fraction of sp³-hybridized carbons (Fsp3) is 0.250. The minimum Gasteiger partial charge on any atom is -0.456 e. The zero-order valence-electron chi connectivity index (χ0n) is 14.7. The fourth-order valence-electron chi connectivity index (χ4n) is 2.84. The van der Waals surface area contributed by atoms with Crippen molar-refractivity contribution in [3.8, 4) is 33.2 Å².